The van der Waals surface area contributed by atoms with Crippen LogP contribution in [0.25, 0.3) is 0 Å². The minimum Gasteiger partial charge on any atom is -0.478 e. The van der Waals surface area contributed by atoms with E-state index in [1.807, 2.05) is 0 Å². The Bertz CT molecular complexity index is 427. The van der Waals surface area contributed by atoms with E-state index in [2.05, 4.69) is 0 Å². The van der Waals surface area contributed by atoms with E-state index in [0.29, 0.717) is 11.1 Å². The van der Waals surface area contributed by atoms with E-state index in [9.17, 15) is 13.6 Å². The lowest BCUT2D eigenvalue weighted by molar-refractivity contribution is -0.0563. The second-order valence-electron chi connectivity index (χ2n) is 3.65. The fourth-order valence-corrected chi connectivity index (χ4v) is 1.38. The lowest BCUT2D eigenvalue weighted by atomic mass is 9.96. The van der Waals surface area contributed by atoms with Crippen LogP contribution in [0, 0.1) is 13.8 Å². The number of carboxylic acids is 1. The number of aliphatic hydroxyl groups excluding tert-OH is 1. The van der Waals surface area contributed by atoms with Crippen LogP contribution < -0.4 is 0 Å². The quantitative estimate of drug-likeness (QED) is 0.835. The van der Waals surface area contributed by atoms with E-state index in [1.54, 1.807) is 13.8 Å². The second kappa shape index (κ2) is 4.17. The van der Waals surface area contributed by atoms with Gasteiger partial charge in [0, 0.05) is 5.56 Å². The zero-order valence-electron chi connectivity index (χ0n) is 8.92. The number of carboxylic acid groups (broad SMARTS) is 1. The summed E-state index contributed by atoms with van der Waals surface area (Å²) in [5, 5.41) is 17.4. The standard InChI is InChI=1S/C11H12F2O3/c1-6-3-8(10(15)16)9(4-7(6)2)11(12,13)5-14/h3-4,14H,5H2,1-2H3,(H,15,16). The van der Waals surface area contributed by atoms with Gasteiger partial charge in [-0.05, 0) is 37.1 Å². The number of benzene rings is 1. The van der Waals surface area contributed by atoms with Crippen LogP contribution in [0.2, 0.25) is 0 Å². The molecule has 0 atom stereocenters. The van der Waals surface area contributed by atoms with Gasteiger partial charge in [0.2, 0.25) is 0 Å². The number of carbonyl (C=O) groups is 1. The third-order valence-electron chi connectivity index (χ3n) is 2.46. The zero-order valence-corrected chi connectivity index (χ0v) is 8.92. The summed E-state index contributed by atoms with van der Waals surface area (Å²) in [7, 11) is 0. The highest BCUT2D eigenvalue weighted by Gasteiger charge is 2.35. The van der Waals surface area contributed by atoms with Gasteiger partial charge in [-0.15, -0.1) is 0 Å². The summed E-state index contributed by atoms with van der Waals surface area (Å²) < 4.78 is 26.6. The summed E-state index contributed by atoms with van der Waals surface area (Å²) >= 11 is 0. The van der Waals surface area contributed by atoms with Crippen LogP contribution >= 0.6 is 0 Å². The molecule has 0 spiro atoms. The van der Waals surface area contributed by atoms with Crippen molar-refractivity contribution in [3.8, 4) is 0 Å². The highest BCUT2D eigenvalue weighted by atomic mass is 19.3. The number of aromatic carboxylic acids is 1. The predicted molar refractivity (Wildman–Crippen MR) is 53.9 cm³/mol. The summed E-state index contributed by atoms with van der Waals surface area (Å²) in [6, 6.07) is 2.30. The van der Waals surface area contributed by atoms with Gasteiger partial charge in [-0.1, -0.05) is 0 Å². The van der Waals surface area contributed by atoms with Gasteiger partial charge in [-0.25, -0.2) is 4.79 Å². The Hall–Kier alpha value is -1.49. The molecule has 0 amide bonds. The first-order valence-electron chi connectivity index (χ1n) is 4.63. The molecule has 0 radical (unpaired) electrons. The molecule has 0 aliphatic rings. The van der Waals surface area contributed by atoms with Crippen LogP contribution in [0.3, 0.4) is 0 Å². The van der Waals surface area contributed by atoms with Crippen LogP contribution in [-0.4, -0.2) is 22.8 Å². The lowest BCUT2D eigenvalue weighted by Crippen LogP contribution is -2.22. The van der Waals surface area contributed by atoms with E-state index in [4.69, 9.17) is 10.2 Å². The first-order valence-corrected chi connectivity index (χ1v) is 4.63. The Labute approximate surface area is 91.3 Å². The van der Waals surface area contributed by atoms with Crippen molar-refractivity contribution in [1.82, 2.24) is 0 Å². The first kappa shape index (κ1) is 12.6. The Balaban J connectivity index is 3.48. The highest BCUT2D eigenvalue weighted by molar-refractivity contribution is 5.90. The predicted octanol–water partition coefficient (Wildman–Crippen LogP) is 2.09. The summed E-state index contributed by atoms with van der Waals surface area (Å²) in [4.78, 5) is 10.8. The molecular weight excluding hydrogens is 218 g/mol. The summed E-state index contributed by atoms with van der Waals surface area (Å²) in [6.07, 6.45) is 0. The monoisotopic (exact) mass is 230 g/mol. The molecular formula is C11H12F2O3. The first-order chi connectivity index (χ1) is 7.29. The number of rotatable bonds is 3. The van der Waals surface area contributed by atoms with E-state index >= 15 is 0 Å². The van der Waals surface area contributed by atoms with E-state index in [1.165, 1.54) is 6.07 Å². The molecule has 88 valence electrons. The van der Waals surface area contributed by atoms with E-state index in [-0.39, 0.29) is 0 Å². The van der Waals surface area contributed by atoms with Crippen molar-refractivity contribution in [1.29, 1.82) is 0 Å². The largest absolute Gasteiger partial charge is 0.478 e. The minimum atomic E-state index is -3.54. The van der Waals surface area contributed by atoms with Crippen molar-refractivity contribution < 1.29 is 23.8 Å². The highest BCUT2D eigenvalue weighted by Crippen LogP contribution is 2.32. The lowest BCUT2D eigenvalue weighted by Gasteiger charge is -2.17. The smallest absolute Gasteiger partial charge is 0.336 e. The van der Waals surface area contributed by atoms with Gasteiger partial charge in [0.1, 0.15) is 6.61 Å². The summed E-state index contributed by atoms with van der Waals surface area (Å²) in [6.45, 7) is 1.84. The SMILES string of the molecule is Cc1cc(C(=O)O)c(C(F)(F)CO)cc1C. The summed E-state index contributed by atoms with van der Waals surface area (Å²) in [5.41, 5.74) is 0.0655. The molecule has 0 saturated heterocycles. The molecule has 3 nitrogen and oxygen atoms in total. The molecule has 2 N–H and O–H groups in total. The van der Waals surface area contributed by atoms with Crippen molar-refractivity contribution in [2.45, 2.75) is 19.8 Å². The van der Waals surface area contributed by atoms with Crippen molar-refractivity contribution in [2.24, 2.45) is 0 Å². The fourth-order valence-electron chi connectivity index (χ4n) is 1.38. The van der Waals surface area contributed by atoms with E-state index < -0.39 is 29.6 Å². The van der Waals surface area contributed by atoms with Crippen molar-refractivity contribution in [3.05, 3.63) is 34.4 Å². The number of hydrogen-bond acceptors (Lipinski definition) is 2. The molecule has 5 heteroatoms. The topological polar surface area (TPSA) is 57.5 Å². The second-order valence-corrected chi connectivity index (χ2v) is 3.65. The fraction of sp³-hybridized carbons (Fsp3) is 0.364. The third kappa shape index (κ3) is 2.19. The normalized spacial score (nSPS) is 11.6. The van der Waals surface area contributed by atoms with Gasteiger partial charge in [0.05, 0.1) is 5.56 Å². The van der Waals surface area contributed by atoms with Crippen molar-refractivity contribution in [2.75, 3.05) is 6.61 Å². The molecule has 0 aromatic heterocycles. The number of alkyl halides is 2. The maximum Gasteiger partial charge on any atom is 0.336 e. The molecule has 0 saturated carbocycles. The number of aliphatic hydroxyl groups is 1. The van der Waals surface area contributed by atoms with Crippen LogP contribution in [0.1, 0.15) is 27.0 Å². The molecule has 0 fully saturated rings. The molecule has 1 aromatic carbocycles. The van der Waals surface area contributed by atoms with Crippen LogP contribution in [0.4, 0.5) is 8.78 Å². The van der Waals surface area contributed by atoms with Crippen molar-refractivity contribution >= 4 is 5.97 Å². The Morgan fingerprint density at radius 2 is 1.81 bits per heavy atom. The average Bonchev–Trinajstić information content (AvgIpc) is 2.21. The molecule has 16 heavy (non-hydrogen) atoms. The molecule has 0 aliphatic heterocycles. The molecule has 0 heterocycles. The van der Waals surface area contributed by atoms with Crippen molar-refractivity contribution in [3.63, 3.8) is 0 Å². The number of aryl methyl sites for hydroxylation is 2. The van der Waals surface area contributed by atoms with Crippen LogP contribution in [0.15, 0.2) is 12.1 Å². The van der Waals surface area contributed by atoms with Gasteiger partial charge < -0.3 is 10.2 Å². The summed E-state index contributed by atoms with van der Waals surface area (Å²) in [5.74, 6) is -4.96. The zero-order chi connectivity index (χ0) is 12.5. The van der Waals surface area contributed by atoms with Gasteiger partial charge in [0.25, 0.3) is 5.92 Å². The van der Waals surface area contributed by atoms with Crippen LogP contribution in [-0.2, 0) is 5.92 Å². The molecule has 1 aromatic rings. The Morgan fingerprint density at radius 1 is 1.31 bits per heavy atom. The molecule has 0 bridgehead atoms. The molecule has 0 aliphatic carbocycles. The van der Waals surface area contributed by atoms with E-state index in [0.717, 1.165) is 6.07 Å². The Morgan fingerprint density at radius 3 is 2.25 bits per heavy atom. The third-order valence-corrected chi connectivity index (χ3v) is 2.46. The van der Waals surface area contributed by atoms with Gasteiger partial charge >= 0.3 is 5.97 Å². The maximum absolute atomic E-state index is 13.3. The maximum atomic E-state index is 13.3. The number of hydrogen-bond donors (Lipinski definition) is 2. The van der Waals surface area contributed by atoms with Gasteiger partial charge in [-0.3, -0.25) is 0 Å². The van der Waals surface area contributed by atoms with Gasteiger partial charge in [-0.2, -0.15) is 8.78 Å². The molecule has 1 rings (SSSR count). The molecule has 0 unspecified atom stereocenters. The number of halogens is 2. The Kier molecular flexibility index (Phi) is 3.28. The average molecular weight is 230 g/mol. The van der Waals surface area contributed by atoms with Gasteiger partial charge in [0.15, 0.2) is 0 Å². The van der Waals surface area contributed by atoms with Crippen LogP contribution in [0.5, 0.6) is 0 Å². The minimum absolute atomic E-state index is 0.470.